The summed E-state index contributed by atoms with van der Waals surface area (Å²) in [6, 6.07) is 0.479. The lowest BCUT2D eigenvalue weighted by Crippen LogP contribution is -2.40. The van der Waals surface area contributed by atoms with Crippen LogP contribution in [0.25, 0.3) is 0 Å². The Labute approximate surface area is 86.2 Å². The number of ether oxygens (including phenoxy) is 2. The number of esters is 1. The van der Waals surface area contributed by atoms with Gasteiger partial charge in [-0.05, 0) is 20.9 Å². The number of carbonyl (C=O) groups excluding carboxylic acids is 1. The van der Waals surface area contributed by atoms with Gasteiger partial charge >= 0.3 is 5.97 Å². The lowest BCUT2D eigenvalue weighted by Gasteiger charge is -2.29. The van der Waals surface area contributed by atoms with Crippen LogP contribution in [0.3, 0.4) is 0 Å². The molecule has 0 saturated carbocycles. The van der Waals surface area contributed by atoms with Gasteiger partial charge in [-0.15, -0.1) is 0 Å². The minimum absolute atomic E-state index is 0.172. The molecule has 0 aromatic carbocycles. The molecule has 4 nitrogen and oxygen atoms in total. The molecule has 0 radical (unpaired) electrons. The van der Waals surface area contributed by atoms with Gasteiger partial charge in [-0.2, -0.15) is 0 Å². The highest BCUT2D eigenvalue weighted by molar-refractivity contribution is 5.69. The highest BCUT2D eigenvalue weighted by atomic mass is 16.5. The molecule has 0 amide bonds. The van der Waals surface area contributed by atoms with E-state index in [1.54, 1.807) is 7.11 Å². The van der Waals surface area contributed by atoms with Gasteiger partial charge in [-0.25, -0.2) is 0 Å². The normalized spacial score (nSPS) is 15.3. The zero-order valence-corrected chi connectivity index (χ0v) is 9.74. The number of nitrogens with zero attached hydrogens (tertiary/aromatic N) is 1. The van der Waals surface area contributed by atoms with Crippen molar-refractivity contribution in [3.8, 4) is 0 Å². The van der Waals surface area contributed by atoms with Crippen LogP contribution in [0.5, 0.6) is 0 Å². The molecule has 0 aromatic rings. The minimum Gasteiger partial charge on any atom is -0.469 e. The average molecular weight is 203 g/mol. The van der Waals surface area contributed by atoms with Crippen molar-refractivity contribution in [2.45, 2.75) is 32.4 Å². The summed E-state index contributed by atoms with van der Waals surface area (Å²) in [4.78, 5) is 13.1. The van der Waals surface area contributed by atoms with Crippen LogP contribution >= 0.6 is 0 Å². The van der Waals surface area contributed by atoms with Gasteiger partial charge in [0.15, 0.2) is 0 Å². The van der Waals surface area contributed by atoms with Crippen LogP contribution in [0, 0.1) is 0 Å². The Bertz CT molecular complexity index is 173. The maximum absolute atomic E-state index is 11.0. The highest BCUT2D eigenvalue weighted by Crippen LogP contribution is 2.07. The van der Waals surface area contributed by atoms with Crippen LogP contribution < -0.4 is 0 Å². The van der Waals surface area contributed by atoms with Crippen molar-refractivity contribution in [2.24, 2.45) is 0 Å². The first-order valence-corrected chi connectivity index (χ1v) is 4.80. The molecule has 2 atom stereocenters. The molecule has 0 rings (SSSR count). The monoisotopic (exact) mass is 203 g/mol. The van der Waals surface area contributed by atoms with Gasteiger partial charge in [0.25, 0.3) is 0 Å². The fraction of sp³-hybridized carbons (Fsp3) is 0.900. The third kappa shape index (κ3) is 4.58. The first-order chi connectivity index (χ1) is 6.52. The molecule has 0 aromatic heterocycles. The van der Waals surface area contributed by atoms with Crippen molar-refractivity contribution in [1.29, 1.82) is 0 Å². The Morgan fingerprint density at radius 2 is 1.86 bits per heavy atom. The van der Waals surface area contributed by atoms with Crippen LogP contribution in [0.2, 0.25) is 0 Å². The highest BCUT2D eigenvalue weighted by Gasteiger charge is 2.18. The van der Waals surface area contributed by atoms with Crippen LogP contribution in [-0.2, 0) is 14.3 Å². The Kier molecular flexibility index (Phi) is 6.49. The molecule has 0 saturated heterocycles. The zero-order valence-electron chi connectivity index (χ0n) is 9.74. The molecule has 0 heterocycles. The van der Waals surface area contributed by atoms with Gasteiger partial charge in [0.05, 0.1) is 20.1 Å². The maximum Gasteiger partial charge on any atom is 0.307 e. The molecule has 0 fully saturated rings. The largest absolute Gasteiger partial charge is 0.469 e. The molecular weight excluding hydrogens is 182 g/mol. The third-order valence-corrected chi connectivity index (χ3v) is 2.49. The quantitative estimate of drug-likeness (QED) is 0.601. The van der Waals surface area contributed by atoms with Crippen molar-refractivity contribution in [1.82, 2.24) is 4.90 Å². The summed E-state index contributed by atoms with van der Waals surface area (Å²) in [5, 5.41) is 0. The molecule has 0 N–H and O–H groups in total. The molecule has 84 valence electrons. The average Bonchev–Trinajstić information content (AvgIpc) is 2.16. The Hall–Kier alpha value is -0.610. The van der Waals surface area contributed by atoms with Crippen molar-refractivity contribution in [2.75, 3.05) is 27.9 Å². The standard InChI is InChI=1S/C10H21NO3/c1-8(6-10(12)14-5)11(3)9(2)7-13-4/h8-9H,6-7H2,1-5H3. The van der Waals surface area contributed by atoms with Crippen molar-refractivity contribution in [3.63, 3.8) is 0 Å². The van der Waals surface area contributed by atoms with Gasteiger partial charge in [0, 0.05) is 19.2 Å². The van der Waals surface area contributed by atoms with Crippen LogP contribution in [0.1, 0.15) is 20.3 Å². The molecule has 14 heavy (non-hydrogen) atoms. The first-order valence-electron chi connectivity index (χ1n) is 4.80. The van der Waals surface area contributed by atoms with E-state index < -0.39 is 0 Å². The number of rotatable bonds is 6. The third-order valence-electron chi connectivity index (χ3n) is 2.49. The van der Waals surface area contributed by atoms with Gasteiger partial charge in [0.2, 0.25) is 0 Å². The van der Waals surface area contributed by atoms with Crippen LogP contribution in [0.4, 0.5) is 0 Å². The Morgan fingerprint density at radius 3 is 2.29 bits per heavy atom. The fourth-order valence-corrected chi connectivity index (χ4v) is 1.26. The van der Waals surface area contributed by atoms with Crippen LogP contribution in [-0.4, -0.2) is 50.8 Å². The number of hydrogen-bond acceptors (Lipinski definition) is 4. The molecule has 0 aliphatic rings. The molecule has 0 bridgehead atoms. The molecular formula is C10H21NO3. The number of methoxy groups -OCH3 is 2. The molecule has 0 aliphatic carbocycles. The summed E-state index contributed by atoms with van der Waals surface area (Å²) in [7, 11) is 5.07. The number of hydrogen-bond donors (Lipinski definition) is 0. The smallest absolute Gasteiger partial charge is 0.307 e. The summed E-state index contributed by atoms with van der Waals surface area (Å²) in [6.07, 6.45) is 0.418. The van der Waals surface area contributed by atoms with E-state index in [1.165, 1.54) is 7.11 Å². The second-order valence-electron chi connectivity index (χ2n) is 3.60. The predicted octanol–water partition coefficient (Wildman–Crippen LogP) is 0.905. The molecule has 0 aliphatic heterocycles. The van der Waals surface area contributed by atoms with Crippen molar-refractivity contribution < 1.29 is 14.3 Å². The summed E-state index contributed by atoms with van der Waals surface area (Å²) in [5.74, 6) is -0.172. The van der Waals surface area contributed by atoms with E-state index >= 15 is 0 Å². The van der Waals surface area contributed by atoms with E-state index in [-0.39, 0.29) is 12.0 Å². The summed E-state index contributed by atoms with van der Waals surface area (Å²) in [5.41, 5.74) is 0. The van der Waals surface area contributed by atoms with Crippen molar-refractivity contribution >= 4 is 5.97 Å². The SMILES string of the molecule is COCC(C)N(C)C(C)CC(=O)OC. The van der Waals surface area contributed by atoms with E-state index in [0.29, 0.717) is 19.1 Å². The summed E-state index contributed by atoms with van der Waals surface area (Å²) in [6.45, 7) is 4.74. The second-order valence-corrected chi connectivity index (χ2v) is 3.60. The summed E-state index contributed by atoms with van der Waals surface area (Å²) < 4.78 is 9.66. The lowest BCUT2D eigenvalue weighted by atomic mass is 10.1. The number of carbonyl (C=O) groups is 1. The predicted molar refractivity (Wildman–Crippen MR) is 55.2 cm³/mol. The van der Waals surface area contributed by atoms with E-state index in [2.05, 4.69) is 16.6 Å². The minimum atomic E-state index is -0.172. The fourth-order valence-electron chi connectivity index (χ4n) is 1.26. The molecule has 0 spiro atoms. The van der Waals surface area contributed by atoms with Crippen molar-refractivity contribution in [3.05, 3.63) is 0 Å². The Morgan fingerprint density at radius 1 is 1.29 bits per heavy atom. The van der Waals surface area contributed by atoms with Gasteiger partial charge in [0.1, 0.15) is 0 Å². The zero-order chi connectivity index (χ0) is 11.1. The van der Waals surface area contributed by atoms with E-state index in [1.807, 2.05) is 14.0 Å². The van der Waals surface area contributed by atoms with E-state index in [4.69, 9.17) is 4.74 Å². The van der Waals surface area contributed by atoms with E-state index in [9.17, 15) is 4.79 Å². The molecule has 2 unspecified atom stereocenters. The summed E-state index contributed by atoms with van der Waals surface area (Å²) >= 11 is 0. The van der Waals surface area contributed by atoms with Gasteiger partial charge < -0.3 is 9.47 Å². The van der Waals surface area contributed by atoms with Gasteiger partial charge in [-0.3, -0.25) is 9.69 Å². The first kappa shape index (κ1) is 13.4. The number of likely N-dealkylation sites (N-methyl/N-ethyl adjacent to an activating group) is 1. The van der Waals surface area contributed by atoms with Gasteiger partial charge in [-0.1, -0.05) is 0 Å². The lowest BCUT2D eigenvalue weighted by molar-refractivity contribution is -0.142. The maximum atomic E-state index is 11.0. The second kappa shape index (κ2) is 6.79. The van der Waals surface area contributed by atoms with E-state index in [0.717, 1.165) is 0 Å². The van der Waals surface area contributed by atoms with Crippen LogP contribution in [0.15, 0.2) is 0 Å². The topological polar surface area (TPSA) is 38.8 Å². The molecule has 4 heteroatoms. The Balaban J connectivity index is 3.97.